The molecule has 10 heteroatoms. The summed E-state index contributed by atoms with van der Waals surface area (Å²) in [5.74, 6) is -0.711. The molecule has 1 aromatic rings. The molecular weight excluding hydrogens is 398 g/mol. The lowest BCUT2D eigenvalue weighted by Gasteiger charge is -2.22. The molecule has 8 nitrogen and oxygen atoms in total. The molecule has 0 saturated heterocycles. The minimum absolute atomic E-state index is 0.0590. The third-order valence-corrected chi connectivity index (χ3v) is 7.00. The highest BCUT2D eigenvalue weighted by Crippen LogP contribution is 2.39. The normalized spacial score (nSPS) is 19.3. The summed E-state index contributed by atoms with van der Waals surface area (Å²) >= 11 is 2.66. The first-order chi connectivity index (χ1) is 13.5. The minimum atomic E-state index is -0.882. The number of amides is 1. The van der Waals surface area contributed by atoms with Gasteiger partial charge in [-0.2, -0.15) is 5.26 Å². The smallest absolute Gasteiger partial charge is 0.316 e. The fraction of sp³-hybridized carbons (Fsp3) is 0.722. The number of hydrogen-bond acceptors (Lipinski definition) is 9. The summed E-state index contributed by atoms with van der Waals surface area (Å²) in [6, 6.07) is 2.60. The molecule has 1 amide bonds. The lowest BCUT2D eigenvalue weighted by atomic mass is 9.96. The van der Waals surface area contributed by atoms with Crippen molar-refractivity contribution in [3.63, 3.8) is 0 Å². The Hall–Kier alpha value is -1.86. The Labute approximate surface area is 172 Å². The molecule has 3 rings (SSSR count). The predicted octanol–water partition coefficient (Wildman–Crippen LogP) is 2.73. The van der Waals surface area contributed by atoms with Gasteiger partial charge in [0.05, 0.1) is 11.8 Å². The molecule has 2 N–H and O–H groups in total. The van der Waals surface area contributed by atoms with E-state index in [-0.39, 0.29) is 18.3 Å². The van der Waals surface area contributed by atoms with Gasteiger partial charge in [0.1, 0.15) is 5.54 Å². The van der Waals surface area contributed by atoms with Crippen molar-refractivity contribution in [2.45, 2.75) is 67.8 Å². The molecule has 1 atom stereocenters. The number of ether oxygens (including phenoxy) is 1. The molecule has 28 heavy (non-hydrogen) atoms. The van der Waals surface area contributed by atoms with Crippen molar-refractivity contribution in [2.24, 2.45) is 5.92 Å². The Morgan fingerprint density at radius 1 is 1.29 bits per heavy atom. The van der Waals surface area contributed by atoms with Crippen LogP contribution in [-0.2, 0) is 14.3 Å². The van der Waals surface area contributed by atoms with Gasteiger partial charge < -0.3 is 15.4 Å². The van der Waals surface area contributed by atoms with E-state index < -0.39 is 17.4 Å². The van der Waals surface area contributed by atoms with Crippen molar-refractivity contribution in [1.82, 2.24) is 15.5 Å². The Bertz CT molecular complexity index is 740. The van der Waals surface area contributed by atoms with E-state index in [1.165, 1.54) is 42.4 Å². The third kappa shape index (κ3) is 6.07. The Morgan fingerprint density at radius 3 is 2.71 bits per heavy atom. The van der Waals surface area contributed by atoms with Gasteiger partial charge in [-0.3, -0.25) is 9.59 Å². The molecule has 152 valence electrons. The van der Waals surface area contributed by atoms with E-state index in [0.717, 1.165) is 30.8 Å². The average molecular weight is 424 g/mol. The number of esters is 1. The van der Waals surface area contributed by atoms with Crippen molar-refractivity contribution < 1.29 is 14.3 Å². The number of rotatable bonds is 9. The van der Waals surface area contributed by atoms with E-state index >= 15 is 0 Å². The summed E-state index contributed by atoms with van der Waals surface area (Å²) < 4.78 is 5.69. The second kappa shape index (κ2) is 9.56. The number of thioether (sulfide) groups is 1. The number of carbonyl (C=O) groups is 2. The summed E-state index contributed by atoms with van der Waals surface area (Å²) in [5, 5.41) is 24.3. The van der Waals surface area contributed by atoms with Crippen LogP contribution in [0.15, 0.2) is 4.34 Å². The van der Waals surface area contributed by atoms with Gasteiger partial charge in [0, 0.05) is 6.04 Å². The van der Waals surface area contributed by atoms with Gasteiger partial charge in [-0.15, -0.1) is 10.2 Å². The maximum atomic E-state index is 11.9. The van der Waals surface area contributed by atoms with Crippen LogP contribution in [0.1, 0.15) is 51.9 Å². The first-order valence-electron chi connectivity index (χ1n) is 9.59. The van der Waals surface area contributed by atoms with Gasteiger partial charge in [0.2, 0.25) is 5.13 Å². The van der Waals surface area contributed by atoms with Crippen LogP contribution in [0.3, 0.4) is 0 Å². The minimum Gasteiger partial charge on any atom is -0.455 e. The number of carbonyl (C=O) groups excluding carboxylic acids is 2. The third-order valence-electron chi connectivity index (χ3n) is 5.04. The fourth-order valence-corrected chi connectivity index (χ4v) is 4.89. The maximum absolute atomic E-state index is 11.9. The Morgan fingerprint density at radius 2 is 2.04 bits per heavy atom. The zero-order valence-electron chi connectivity index (χ0n) is 15.9. The molecule has 2 aliphatic rings. The van der Waals surface area contributed by atoms with Crippen LogP contribution < -0.4 is 10.6 Å². The first-order valence-corrected chi connectivity index (χ1v) is 11.4. The zero-order chi connectivity index (χ0) is 20.0. The number of aromatic nitrogens is 2. The van der Waals surface area contributed by atoms with Crippen molar-refractivity contribution in [3.8, 4) is 6.07 Å². The van der Waals surface area contributed by atoms with Crippen molar-refractivity contribution >= 4 is 40.1 Å². The lowest BCUT2D eigenvalue weighted by Crippen LogP contribution is -2.48. The second-order valence-electron chi connectivity index (χ2n) is 7.44. The number of nitriles is 1. The summed E-state index contributed by atoms with van der Waals surface area (Å²) in [6.45, 7) is 1.32. The van der Waals surface area contributed by atoms with Gasteiger partial charge >= 0.3 is 5.97 Å². The van der Waals surface area contributed by atoms with E-state index in [0.29, 0.717) is 10.4 Å². The Balaban J connectivity index is 1.35. The number of anilines is 1. The molecule has 0 radical (unpaired) electrons. The fourth-order valence-electron chi connectivity index (χ4n) is 3.26. The van der Waals surface area contributed by atoms with Crippen LogP contribution in [0.5, 0.6) is 0 Å². The molecule has 2 aliphatic carbocycles. The van der Waals surface area contributed by atoms with E-state index in [9.17, 15) is 14.9 Å². The van der Waals surface area contributed by atoms with Crippen LogP contribution in [-0.4, -0.2) is 46.0 Å². The molecule has 1 heterocycles. The van der Waals surface area contributed by atoms with Gasteiger partial charge in [-0.05, 0) is 38.5 Å². The number of hydrogen-bond donors (Lipinski definition) is 2. The van der Waals surface area contributed by atoms with Crippen LogP contribution in [0.4, 0.5) is 5.13 Å². The molecule has 0 unspecified atom stereocenters. The maximum Gasteiger partial charge on any atom is 0.316 e. The molecule has 0 bridgehead atoms. The zero-order valence-corrected chi connectivity index (χ0v) is 17.5. The van der Waals surface area contributed by atoms with Crippen LogP contribution in [0.2, 0.25) is 0 Å². The van der Waals surface area contributed by atoms with E-state index in [2.05, 4.69) is 26.9 Å². The van der Waals surface area contributed by atoms with E-state index in [1.807, 2.05) is 0 Å². The van der Waals surface area contributed by atoms with Crippen molar-refractivity contribution in [2.75, 3.05) is 17.7 Å². The summed E-state index contributed by atoms with van der Waals surface area (Å²) in [7, 11) is 0. The molecule has 0 aromatic carbocycles. The van der Waals surface area contributed by atoms with Crippen molar-refractivity contribution in [1.29, 1.82) is 5.26 Å². The van der Waals surface area contributed by atoms with Gasteiger partial charge in [0.15, 0.2) is 10.9 Å². The van der Waals surface area contributed by atoms with Crippen LogP contribution in [0.25, 0.3) is 0 Å². The predicted molar refractivity (Wildman–Crippen MR) is 107 cm³/mol. The monoisotopic (exact) mass is 423 g/mol. The first kappa shape index (κ1) is 20.9. The second-order valence-corrected chi connectivity index (χ2v) is 9.64. The standard InChI is InChI=1S/C18H25N5O3S2/c1-18(11-19,12-7-8-12)21-14(24)9-26-15(25)10-27-17-23-22-16(28-17)20-13-5-3-2-4-6-13/h12-13H,2-10H2,1H3,(H,20,22)(H,21,24)/t18-/m0/s1. The van der Waals surface area contributed by atoms with Crippen LogP contribution >= 0.6 is 23.1 Å². The SMILES string of the molecule is C[C@@](C#N)(NC(=O)COC(=O)CSc1nnc(NC2CCCCC2)s1)C1CC1. The summed E-state index contributed by atoms with van der Waals surface area (Å²) in [4.78, 5) is 23.8. The van der Waals surface area contributed by atoms with Gasteiger partial charge in [-0.1, -0.05) is 42.4 Å². The highest BCUT2D eigenvalue weighted by molar-refractivity contribution is 8.01. The number of nitrogens with zero attached hydrogens (tertiary/aromatic N) is 3. The molecular formula is C18H25N5O3S2. The number of nitrogens with one attached hydrogen (secondary N) is 2. The van der Waals surface area contributed by atoms with Crippen LogP contribution in [0, 0.1) is 17.2 Å². The quantitative estimate of drug-likeness (QED) is 0.460. The topological polar surface area (TPSA) is 117 Å². The van der Waals surface area contributed by atoms with Gasteiger partial charge in [0.25, 0.3) is 5.91 Å². The molecule has 2 saturated carbocycles. The summed E-state index contributed by atoms with van der Waals surface area (Å²) in [5.41, 5.74) is -0.882. The molecule has 0 aliphatic heterocycles. The van der Waals surface area contributed by atoms with Gasteiger partial charge in [-0.25, -0.2) is 0 Å². The summed E-state index contributed by atoms with van der Waals surface area (Å²) in [6.07, 6.45) is 7.95. The van der Waals surface area contributed by atoms with E-state index in [4.69, 9.17) is 4.74 Å². The lowest BCUT2D eigenvalue weighted by molar-refractivity contribution is -0.146. The highest BCUT2D eigenvalue weighted by atomic mass is 32.2. The average Bonchev–Trinajstić information content (AvgIpc) is 3.47. The van der Waals surface area contributed by atoms with E-state index in [1.54, 1.807) is 6.92 Å². The van der Waals surface area contributed by atoms with Crippen molar-refractivity contribution in [3.05, 3.63) is 0 Å². The highest BCUT2D eigenvalue weighted by Gasteiger charge is 2.43. The Kier molecular flexibility index (Phi) is 7.13. The molecule has 2 fully saturated rings. The largest absolute Gasteiger partial charge is 0.455 e. The molecule has 0 spiro atoms. The molecule has 1 aromatic heterocycles.